The summed E-state index contributed by atoms with van der Waals surface area (Å²) in [7, 11) is 0. The lowest BCUT2D eigenvalue weighted by atomic mass is 10.2. The molecule has 3 aromatic rings. The van der Waals surface area contributed by atoms with E-state index in [0.717, 1.165) is 5.39 Å². The molecule has 5 heteroatoms. The van der Waals surface area contributed by atoms with E-state index in [2.05, 4.69) is 0 Å². The Morgan fingerprint density at radius 3 is 2.60 bits per heavy atom. The molecule has 0 aliphatic heterocycles. The van der Waals surface area contributed by atoms with Crippen LogP contribution in [0.3, 0.4) is 0 Å². The molecule has 0 aliphatic rings. The van der Waals surface area contributed by atoms with Crippen molar-refractivity contribution in [3.05, 3.63) is 46.4 Å². The van der Waals surface area contributed by atoms with Crippen molar-refractivity contribution in [2.45, 2.75) is 19.9 Å². The average Bonchev–Trinajstić information content (AvgIpc) is 2.80. The number of nitrogens with zero attached hydrogens (tertiary/aromatic N) is 1. The van der Waals surface area contributed by atoms with Gasteiger partial charge in [-0.3, -0.25) is 0 Å². The third-order valence-corrected chi connectivity index (χ3v) is 3.34. The summed E-state index contributed by atoms with van der Waals surface area (Å²) in [6, 6.07) is 8.44. The predicted molar refractivity (Wildman–Crippen MR) is 75.3 cm³/mol. The van der Waals surface area contributed by atoms with Gasteiger partial charge in [-0.25, -0.2) is 9.59 Å². The van der Waals surface area contributed by atoms with Gasteiger partial charge in [0.05, 0.1) is 10.9 Å². The molecule has 0 atom stereocenters. The first kappa shape index (κ1) is 12.5. The molecule has 0 radical (unpaired) electrons. The van der Waals surface area contributed by atoms with Crippen LogP contribution in [0.25, 0.3) is 21.9 Å². The third-order valence-electron chi connectivity index (χ3n) is 3.34. The number of hydrogen-bond donors (Lipinski definition) is 1. The Hall–Kier alpha value is -2.56. The maximum Gasteiger partial charge on any atom is 0.352 e. The summed E-state index contributed by atoms with van der Waals surface area (Å²) in [5, 5.41) is 10.4. The van der Waals surface area contributed by atoms with E-state index in [4.69, 9.17) is 4.42 Å². The van der Waals surface area contributed by atoms with Crippen molar-refractivity contribution in [3.63, 3.8) is 0 Å². The van der Waals surface area contributed by atoms with Crippen LogP contribution in [-0.4, -0.2) is 15.6 Å². The fourth-order valence-corrected chi connectivity index (χ4v) is 2.56. The van der Waals surface area contributed by atoms with Crippen molar-refractivity contribution < 1.29 is 14.3 Å². The number of para-hydroxylation sites is 1. The van der Waals surface area contributed by atoms with Crippen LogP contribution in [0.4, 0.5) is 0 Å². The van der Waals surface area contributed by atoms with Gasteiger partial charge in [-0.2, -0.15) is 0 Å². The summed E-state index contributed by atoms with van der Waals surface area (Å²) in [5.74, 6) is -1.06. The van der Waals surface area contributed by atoms with Crippen LogP contribution in [0.15, 0.2) is 39.5 Å². The maximum atomic E-state index is 12.0. The minimum atomic E-state index is -1.06. The lowest BCUT2D eigenvalue weighted by Gasteiger charge is -2.13. The molecule has 1 aromatic carbocycles. The van der Waals surface area contributed by atoms with E-state index in [1.165, 1.54) is 6.07 Å². The number of rotatable bonds is 2. The molecular formula is C15H13NO4. The van der Waals surface area contributed by atoms with E-state index < -0.39 is 11.6 Å². The highest BCUT2D eigenvalue weighted by molar-refractivity contribution is 6.06. The molecule has 0 aliphatic carbocycles. The molecule has 0 saturated heterocycles. The number of benzene rings is 1. The Morgan fingerprint density at radius 1 is 1.25 bits per heavy atom. The first-order chi connectivity index (χ1) is 9.50. The highest BCUT2D eigenvalue weighted by atomic mass is 16.4. The van der Waals surface area contributed by atoms with Crippen molar-refractivity contribution in [1.82, 2.24) is 4.57 Å². The minimum absolute atomic E-state index is 0.0798. The fraction of sp³-hybridized carbons (Fsp3) is 0.200. The van der Waals surface area contributed by atoms with Gasteiger partial charge in [-0.1, -0.05) is 12.1 Å². The summed E-state index contributed by atoms with van der Waals surface area (Å²) in [6.07, 6.45) is 0. The first-order valence-electron chi connectivity index (χ1n) is 6.30. The number of carboxylic acids is 1. The Balaban J connectivity index is 2.63. The van der Waals surface area contributed by atoms with Gasteiger partial charge >= 0.3 is 11.6 Å². The van der Waals surface area contributed by atoms with Crippen molar-refractivity contribution >= 4 is 27.8 Å². The van der Waals surface area contributed by atoms with Gasteiger partial charge in [0.2, 0.25) is 0 Å². The SMILES string of the molecule is CC(C)n1c(C(=O)O)cc2c(=O)oc3ccccc3c21. The zero-order valence-corrected chi connectivity index (χ0v) is 11.1. The van der Waals surface area contributed by atoms with Crippen molar-refractivity contribution in [1.29, 1.82) is 0 Å². The van der Waals surface area contributed by atoms with E-state index in [9.17, 15) is 14.7 Å². The van der Waals surface area contributed by atoms with Crippen LogP contribution in [0.1, 0.15) is 30.4 Å². The normalized spacial score (nSPS) is 11.6. The van der Waals surface area contributed by atoms with E-state index in [-0.39, 0.29) is 11.7 Å². The van der Waals surface area contributed by atoms with Crippen LogP contribution >= 0.6 is 0 Å². The molecule has 0 unspecified atom stereocenters. The van der Waals surface area contributed by atoms with Gasteiger partial charge in [-0.15, -0.1) is 0 Å². The van der Waals surface area contributed by atoms with Gasteiger partial charge in [0.1, 0.15) is 11.3 Å². The molecule has 0 fully saturated rings. The molecule has 2 heterocycles. The topological polar surface area (TPSA) is 72.4 Å². The van der Waals surface area contributed by atoms with Crippen LogP contribution in [0.2, 0.25) is 0 Å². The Bertz CT molecular complexity index is 886. The number of carbonyl (C=O) groups is 1. The maximum absolute atomic E-state index is 12.0. The van der Waals surface area contributed by atoms with Gasteiger partial charge in [0.15, 0.2) is 0 Å². The number of hydrogen-bond acceptors (Lipinski definition) is 3. The van der Waals surface area contributed by atoms with Gasteiger partial charge in [0.25, 0.3) is 0 Å². The summed E-state index contributed by atoms with van der Waals surface area (Å²) >= 11 is 0. The smallest absolute Gasteiger partial charge is 0.352 e. The van der Waals surface area contributed by atoms with Crippen LogP contribution in [-0.2, 0) is 0 Å². The predicted octanol–water partition coefficient (Wildman–Crippen LogP) is 3.03. The van der Waals surface area contributed by atoms with E-state index in [0.29, 0.717) is 16.5 Å². The van der Waals surface area contributed by atoms with E-state index in [1.807, 2.05) is 26.0 Å². The summed E-state index contributed by atoms with van der Waals surface area (Å²) in [4.78, 5) is 23.4. The minimum Gasteiger partial charge on any atom is -0.477 e. The standard InChI is InChI=1S/C15H13NO4/c1-8(2)16-11(14(17)18)7-10-13(16)9-5-3-4-6-12(9)20-15(10)19/h3-8H,1-2H3,(H,17,18). The number of fused-ring (bicyclic) bond motifs is 3. The lowest BCUT2D eigenvalue weighted by molar-refractivity contribution is 0.0684. The Labute approximate surface area is 114 Å². The van der Waals surface area contributed by atoms with Gasteiger partial charge < -0.3 is 14.1 Å². The molecule has 2 aromatic heterocycles. The van der Waals surface area contributed by atoms with E-state index >= 15 is 0 Å². The quantitative estimate of drug-likeness (QED) is 0.727. The monoisotopic (exact) mass is 271 g/mol. The summed E-state index contributed by atoms with van der Waals surface area (Å²) in [6.45, 7) is 3.77. The molecule has 0 bridgehead atoms. The highest BCUT2D eigenvalue weighted by Gasteiger charge is 2.21. The second-order valence-corrected chi connectivity index (χ2v) is 4.95. The molecule has 0 saturated carbocycles. The van der Waals surface area contributed by atoms with Crippen LogP contribution in [0, 0.1) is 0 Å². The number of aromatic carboxylic acids is 1. The molecule has 0 amide bonds. The number of carboxylic acid groups (broad SMARTS) is 1. The summed E-state index contributed by atoms with van der Waals surface area (Å²) < 4.78 is 6.90. The molecule has 102 valence electrons. The Morgan fingerprint density at radius 2 is 1.95 bits per heavy atom. The van der Waals surface area contributed by atoms with Crippen LogP contribution in [0.5, 0.6) is 0 Å². The van der Waals surface area contributed by atoms with Crippen molar-refractivity contribution in [3.8, 4) is 0 Å². The molecule has 3 rings (SSSR count). The average molecular weight is 271 g/mol. The molecule has 0 spiro atoms. The first-order valence-corrected chi connectivity index (χ1v) is 6.30. The van der Waals surface area contributed by atoms with Gasteiger partial charge in [0, 0.05) is 11.4 Å². The van der Waals surface area contributed by atoms with Crippen molar-refractivity contribution in [2.75, 3.05) is 0 Å². The number of aromatic nitrogens is 1. The molecule has 5 nitrogen and oxygen atoms in total. The largest absolute Gasteiger partial charge is 0.477 e. The second-order valence-electron chi connectivity index (χ2n) is 4.95. The van der Waals surface area contributed by atoms with Crippen LogP contribution < -0.4 is 5.63 Å². The zero-order valence-electron chi connectivity index (χ0n) is 11.1. The summed E-state index contributed by atoms with van der Waals surface area (Å²) in [5.41, 5.74) is 0.658. The zero-order chi connectivity index (χ0) is 14.4. The second kappa shape index (κ2) is 4.23. The van der Waals surface area contributed by atoms with Gasteiger partial charge in [-0.05, 0) is 32.0 Å². The highest BCUT2D eigenvalue weighted by Crippen LogP contribution is 2.28. The molecular weight excluding hydrogens is 258 g/mol. The fourth-order valence-electron chi connectivity index (χ4n) is 2.56. The van der Waals surface area contributed by atoms with Crippen molar-refractivity contribution in [2.24, 2.45) is 0 Å². The van der Waals surface area contributed by atoms with E-state index in [1.54, 1.807) is 16.7 Å². The lowest BCUT2D eigenvalue weighted by Crippen LogP contribution is -2.10. The molecule has 20 heavy (non-hydrogen) atoms. The molecule has 1 N–H and O–H groups in total. The Kier molecular flexibility index (Phi) is 2.64. The third kappa shape index (κ3) is 1.63.